The molecule has 14 heteroatoms. The van der Waals surface area contributed by atoms with Crippen molar-refractivity contribution in [2.75, 3.05) is 50.9 Å². The third-order valence-electron chi connectivity index (χ3n) is 10.8. The molecule has 5 aromatic rings. The number of carbonyl (C=O) groups is 3. The van der Waals surface area contributed by atoms with Gasteiger partial charge in [0.05, 0.1) is 30.8 Å². The molecule has 302 valence electrons. The Bertz CT molecular complexity index is 2290. The predicted octanol–water partition coefficient (Wildman–Crippen LogP) is 6.61. The summed E-state index contributed by atoms with van der Waals surface area (Å²) in [4.78, 5) is 51.3. The normalized spacial score (nSPS) is 16.8. The maximum atomic E-state index is 13.9. The van der Waals surface area contributed by atoms with E-state index in [0.717, 1.165) is 47.3 Å². The summed E-state index contributed by atoms with van der Waals surface area (Å²) in [6, 6.07) is 31.3. The minimum Gasteiger partial charge on any atom is -0.453 e. The van der Waals surface area contributed by atoms with Crippen LogP contribution in [-0.2, 0) is 26.1 Å². The van der Waals surface area contributed by atoms with Gasteiger partial charge in [-0.3, -0.25) is 14.5 Å². The first kappa shape index (κ1) is 40.4. The van der Waals surface area contributed by atoms with Gasteiger partial charge in [-0.1, -0.05) is 85.8 Å². The van der Waals surface area contributed by atoms with Crippen LogP contribution in [0.4, 0.5) is 10.5 Å². The lowest BCUT2D eigenvalue weighted by Crippen LogP contribution is -2.48. The van der Waals surface area contributed by atoms with Crippen LogP contribution in [0.5, 0.6) is 0 Å². The molecule has 2 saturated heterocycles. The molecule has 0 unspecified atom stereocenters. The van der Waals surface area contributed by atoms with Gasteiger partial charge >= 0.3 is 6.09 Å². The van der Waals surface area contributed by atoms with Crippen LogP contribution in [0.1, 0.15) is 65.6 Å². The monoisotopic (exact) mass is 803 g/mol. The Labute approximate surface area is 339 Å². The number of nitrogens with one attached hydrogen (secondary N) is 3. The van der Waals surface area contributed by atoms with Gasteiger partial charge in [0, 0.05) is 50.5 Å². The molecule has 0 spiro atoms. The fourth-order valence-electron chi connectivity index (χ4n) is 7.61. The third kappa shape index (κ3) is 9.47. The molecule has 3 heterocycles. The summed E-state index contributed by atoms with van der Waals surface area (Å²) in [7, 11) is -1.89. The Morgan fingerprint density at radius 3 is 2.16 bits per heavy atom. The van der Waals surface area contributed by atoms with Gasteiger partial charge in [0.1, 0.15) is 11.9 Å². The Balaban J connectivity index is 0.931. The molecule has 0 aliphatic carbocycles. The lowest BCUT2D eigenvalue weighted by atomic mass is 10.0. The fourth-order valence-corrected chi connectivity index (χ4v) is 9.10. The van der Waals surface area contributed by atoms with E-state index in [9.17, 15) is 22.8 Å². The average Bonchev–Trinajstić information content (AvgIpc) is 3.95. The van der Waals surface area contributed by atoms with Crippen LogP contribution in [0, 0.1) is 0 Å². The summed E-state index contributed by atoms with van der Waals surface area (Å²) in [5, 5.41) is 5.68. The molecule has 13 nitrogen and oxygen atoms in total. The SMILES string of the molecule is CCCS(=O)(=O)N1CCN(Cc2ccc(NC(=O)c3ccc(-c4ccc(-c5cnc([C@@H]6CCCN6C(=O)[C@@H](NC(=O)OC)c6ccccc6)[nH]5)cc4)cc3)cc2)CC1. The number of piperazine rings is 1. The summed E-state index contributed by atoms with van der Waals surface area (Å²) < 4.78 is 31.2. The maximum absolute atomic E-state index is 13.9. The van der Waals surface area contributed by atoms with E-state index in [-0.39, 0.29) is 23.6 Å². The topological polar surface area (TPSA) is 157 Å². The molecule has 3 N–H and O–H groups in total. The summed E-state index contributed by atoms with van der Waals surface area (Å²) in [5.41, 5.74) is 6.74. The van der Waals surface area contributed by atoms with Crippen molar-refractivity contribution in [1.82, 2.24) is 29.4 Å². The number of hydrogen-bond acceptors (Lipinski definition) is 8. The largest absolute Gasteiger partial charge is 0.453 e. The van der Waals surface area contributed by atoms with Crippen LogP contribution in [0.3, 0.4) is 0 Å². The van der Waals surface area contributed by atoms with E-state index in [1.807, 2.05) is 110 Å². The predicted molar refractivity (Wildman–Crippen MR) is 223 cm³/mol. The highest BCUT2D eigenvalue weighted by molar-refractivity contribution is 7.89. The zero-order valence-electron chi connectivity index (χ0n) is 32.8. The highest BCUT2D eigenvalue weighted by Crippen LogP contribution is 2.34. The Hall–Kier alpha value is -5.83. The Kier molecular flexibility index (Phi) is 12.7. The highest BCUT2D eigenvalue weighted by atomic mass is 32.2. The van der Waals surface area contributed by atoms with Crippen molar-refractivity contribution in [2.24, 2.45) is 0 Å². The molecule has 2 aliphatic rings. The number of nitrogens with zero attached hydrogens (tertiary/aromatic N) is 4. The van der Waals surface area contributed by atoms with Crippen molar-refractivity contribution in [2.45, 2.75) is 44.8 Å². The van der Waals surface area contributed by atoms with Gasteiger partial charge in [-0.2, -0.15) is 4.31 Å². The van der Waals surface area contributed by atoms with Crippen molar-refractivity contribution in [3.05, 3.63) is 132 Å². The number of likely N-dealkylation sites (tertiary alicyclic amines) is 1. The number of amides is 3. The van der Waals surface area contributed by atoms with Crippen LogP contribution in [0.25, 0.3) is 22.4 Å². The second kappa shape index (κ2) is 18.2. The van der Waals surface area contributed by atoms with Crippen LogP contribution in [0.15, 0.2) is 109 Å². The zero-order valence-corrected chi connectivity index (χ0v) is 33.6. The number of rotatable bonds is 13. The average molecular weight is 804 g/mol. The molecule has 58 heavy (non-hydrogen) atoms. The summed E-state index contributed by atoms with van der Waals surface area (Å²) in [6.07, 6.45) is 3.28. The van der Waals surface area contributed by atoms with Gasteiger partial charge in [0.15, 0.2) is 0 Å². The number of methoxy groups -OCH3 is 1. The second-order valence-corrected chi connectivity index (χ2v) is 16.7. The van der Waals surface area contributed by atoms with Crippen LogP contribution in [0.2, 0.25) is 0 Å². The molecule has 2 fully saturated rings. The first-order chi connectivity index (χ1) is 28.1. The number of carbonyl (C=O) groups excluding carboxylic acids is 3. The van der Waals surface area contributed by atoms with Gasteiger partial charge in [-0.05, 0) is 71.3 Å². The summed E-state index contributed by atoms with van der Waals surface area (Å²) >= 11 is 0. The van der Waals surface area contributed by atoms with Crippen molar-refractivity contribution in [3.63, 3.8) is 0 Å². The molecule has 0 bridgehead atoms. The molecule has 2 aliphatic heterocycles. The van der Waals surface area contributed by atoms with E-state index >= 15 is 0 Å². The number of alkyl carbamates (subject to hydrolysis) is 1. The number of H-pyrrole nitrogens is 1. The van der Waals surface area contributed by atoms with Gasteiger partial charge in [-0.15, -0.1) is 0 Å². The number of aromatic amines is 1. The number of benzene rings is 4. The molecule has 7 rings (SSSR count). The summed E-state index contributed by atoms with van der Waals surface area (Å²) in [5.74, 6) is 0.459. The van der Waals surface area contributed by atoms with E-state index in [1.165, 1.54) is 7.11 Å². The van der Waals surface area contributed by atoms with E-state index in [1.54, 1.807) is 15.4 Å². The smallest absolute Gasteiger partial charge is 0.407 e. The van der Waals surface area contributed by atoms with Gasteiger partial charge in [0.2, 0.25) is 10.0 Å². The molecule has 3 amide bonds. The summed E-state index contributed by atoms with van der Waals surface area (Å²) in [6.45, 7) is 5.54. The third-order valence-corrected chi connectivity index (χ3v) is 12.8. The molecular weight excluding hydrogens is 755 g/mol. The lowest BCUT2D eigenvalue weighted by Gasteiger charge is -2.34. The van der Waals surface area contributed by atoms with Gasteiger partial charge in [0.25, 0.3) is 11.8 Å². The highest BCUT2D eigenvalue weighted by Gasteiger charge is 2.37. The number of ether oxygens (including phenoxy) is 1. The van der Waals surface area contributed by atoms with Crippen LogP contribution >= 0.6 is 0 Å². The molecule has 1 aromatic heterocycles. The van der Waals surface area contributed by atoms with Crippen molar-refractivity contribution in [3.8, 4) is 22.4 Å². The minimum absolute atomic E-state index is 0.194. The standard InChI is InChI=1S/C44H49N7O6S/c1-3-28-58(55,56)50-26-24-49(25-27-50)30-31-11-21-37(22-12-31)46-42(52)36-19-15-33(16-20-36)32-13-17-34(18-14-32)38-29-45-41(47-38)39-10-7-23-51(39)43(53)40(48-44(54)57-2)35-8-5-4-6-9-35/h4-6,8-9,11-22,29,39-40H,3,7,10,23-28,30H2,1-2H3,(H,45,47)(H,46,52)(H,48,54)/t39-,40-/m0/s1. The quantitative estimate of drug-likeness (QED) is 0.120. The number of anilines is 1. The fraction of sp³-hybridized carbons (Fsp3) is 0.318. The van der Waals surface area contributed by atoms with E-state index < -0.39 is 22.2 Å². The maximum Gasteiger partial charge on any atom is 0.407 e. The van der Waals surface area contributed by atoms with Crippen LogP contribution in [-0.4, -0.2) is 96.0 Å². The first-order valence-corrected chi connectivity index (χ1v) is 21.3. The molecule has 0 radical (unpaired) electrons. The van der Waals surface area contributed by atoms with E-state index in [0.29, 0.717) is 61.8 Å². The molecule has 2 atom stereocenters. The molecule has 0 saturated carbocycles. The number of sulfonamides is 1. The van der Waals surface area contributed by atoms with Gasteiger partial charge in [-0.25, -0.2) is 18.2 Å². The molecule has 4 aromatic carbocycles. The minimum atomic E-state index is -3.17. The van der Waals surface area contributed by atoms with Crippen molar-refractivity contribution >= 4 is 33.6 Å². The van der Waals surface area contributed by atoms with E-state index in [2.05, 4.69) is 25.5 Å². The van der Waals surface area contributed by atoms with Crippen molar-refractivity contribution < 1.29 is 27.5 Å². The van der Waals surface area contributed by atoms with Crippen molar-refractivity contribution in [1.29, 1.82) is 0 Å². The molecular formula is C44H49N7O6S. The Morgan fingerprint density at radius 1 is 0.845 bits per heavy atom. The van der Waals surface area contributed by atoms with Crippen LogP contribution < -0.4 is 10.6 Å². The number of imidazole rings is 1. The first-order valence-electron chi connectivity index (χ1n) is 19.7. The number of hydrogen-bond donors (Lipinski definition) is 3. The van der Waals surface area contributed by atoms with E-state index in [4.69, 9.17) is 4.74 Å². The number of aromatic nitrogens is 2. The van der Waals surface area contributed by atoms with Gasteiger partial charge < -0.3 is 25.3 Å². The zero-order chi connectivity index (χ0) is 40.6. The lowest BCUT2D eigenvalue weighted by molar-refractivity contribution is -0.134. The Morgan fingerprint density at radius 2 is 1.50 bits per heavy atom. The second-order valence-electron chi connectivity index (χ2n) is 14.6.